The fraction of sp³-hybridized carbons (Fsp3) is 0. The number of rotatable bonds is 4. The third-order valence-electron chi connectivity index (χ3n) is 2.45. The Bertz CT molecular complexity index is 594. The number of anilines is 1. The van der Waals surface area contributed by atoms with Gasteiger partial charge in [0.25, 0.3) is 0 Å². The summed E-state index contributed by atoms with van der Waals surface area (Å²) < 4.78 is 23.2. The van der Waals surface area contributed by atoms with Crippen molar-refractivity contribution < 1.29 is 8.76 Å². The highest BCUT2D eigenvalue weighted by Gasteiger charge is 1.92. The topological polar surface area (TPSA) is 52.2 Å². The van der Waals surface area contributed by atoms with Crippen LogP contribution in [0.1, 0.15) is 11.1 Å². The number of benzene rings is 2. The first-order chi connectivity index (χ1) is 9.13. The van der Waals surface area contributed by atoms with Gasteiger partial charge in [0.15, 0.2) is 0 Å². The highest BCUT2D eigenvalue weighted by Crippen LogP contribution is 2.14. The Kier molecular flexibility index (Phi) is 4.74. The quantitative estimate of drug-likeness (QED) is 0.690. The molecule has 0 spiro atoms. The van der Waals surface area contributed by atoms with Crippen molar-refractivity contribution in [2.24, 2.45) is 0 Å². The molecule has 5 heteroatoms. The van der Waals surface area contributed by atoms with Gasteiger partial charge in [-0.1, -0.05) is 48.0 Å². The van der Waals surface area contributed by atoms with Gasteiger partial charge in [0.1, 0.15) is 0 Å². The van der Waals surface area contributed by atoms with Crippen molar-refractivity contribution in [3.63, 3.8) is 0 Å². The monoisotopic (exact) mass is 292 g/mol. The molecule has 0 heterocycles. The molecule has 0 aromatic heterocycles. The summed E-state index contributed by atoms with van der Waals surface area (Å²) in [6.07, 6.45) is 3.91. The van der Waals surface area contributed by atoms with Crippen molar-refractivity contribution in [1.29, 1.82) is 0 Å². The molecule has 1 atom stereocenters. The summed E-state index contributed by atoms with van der Waals surface area (Å²) in [6.45, 7) is 0. The molecule has 98 valence electrons. The summed E-state index contributed by atoms with van der Waals surface area (Å²) in [6, 6.07) is 14.6. The molecule has 0 amide bonds. The van der Waals surface area contributed by atoms with Gasteiger partial charge in [0.2, 0.25) is 0 Å². The fourth-order valence-corrected chi connectivity index (χ4v) is 1.98. The standard InChI is InChI=1S/C14H12ClNO2S/c15-13-7-3-11(4-8-13)1-2-12-5-9-14(10-6-12)16-19(17)18/h1-10,16H,(H,17,18)/p-1. The molecule has 3 nitrogen and oxygen atoms in total. The van der Waals surface area contributed by atoms with E-state index in [-0.39, 0.29) is 0 Å². The molecule has 0 aliphatic rings. The van der Waals surface area contributed by atoms with Crippen LogP contribution < -0.4 is 4.72 Å². The second-order valence-corrected chi connectivity index (χ2v) is 4.95. The Balaban J connectivity index is 2.06. The van der Waals surface area contributed by atoms with E-state index >= 15 is 0 Å². The summed E-state index contributed by atoms with van der Waals surface area (Å²) in [4.78, 5) is 0. The lowest BCUT2D eigenvalue weighted by atomic mass is 10.1. The number of hydrogen-bond acceptors (Lipinski definition) is 2. The minimum atomic E-state index is -2.29. The molecular weight excluding hydrogens is 282 g/mol. The van der Waals surface area contributed by atoms with Crippen LogP contribution in [0.25, 0.3) is 12.2 Å². The second kappa shape index (κ2) is 6.52. The lowest BCUT2D eigenvalue weighted by Gasteiger charge is -2.08. The maximum Gasteiger partial charge on any atom is 0.0452 e. The van der Waals surface area contributed by atoms with E-state index in [2.05, 4.69) is 4.72 Å². The molecule has 1 unspecified atom stereocenters. The van der Waals surface area contributed by atoms with E-state index < -0.39 is 11.3 Å². The highest BCUT2D eigenvalue weighted by atomic mass is 35.5. The Morgan fingerprint density at radius 3 is 1.89 bits per heavy atom. The van der Waals surface area contributed by atoms with E-state index in [4.69, 9.17) is 11.6 Å². The lowest BCUT2D eigenvalue weighted by molar-refractivity contribution is 0.542. The first kappa shape index (κ1) is 13.8. The molecule has 2 rings (SSSR count). The zero-order chi connectivity index (χ0) is 13.7. The van der Waals surface area contributed by atoms with Gasteiger partial charge in [-0.2, -0.15) is 0 Å². The molecule has 2 aromatic rings. The minimum Gasteiger partial charge on any atom is -0.755 e. The molecule has 0 bridgehead atoms. The van der Waals surface area contributed by atoms with Gasteiger partial charge in [-0.05, 0) is 35.4 Å². The predicted molar refractivity (Wildman–Crippen MR) is 79.4 cm³/mol. The molecule has 2 aromatic carbocycles. The molecule has 0 aliphatic heterocycles. The fourth-order valence-electron chi connectivity index (χ4n) is 1.52. The van der Waals surface area contributed by atoms with Crippen LogP contribution in [0, 0.1) is 0 Å². The molecule has 0 aliphatic carbocycles. The average Bonchev–Trinajstić information content (AvgIpc) is 2.39. The summed E-state index contributed by atoms with van der Waals surface area (Å²) >= 11 is 3.52. The lowest BCUT2D eigenvalue weighted by Crippen LogP contribution is -2.01. The van der Waals surface area contributed by atoms with E-state index in [1.165, 1.54) is 0 Å². The van der Waals surface area contributed by atoms with Crippen molar-refractivity contribution in [2.75, 3.05) is 4.72 Å². The average molecular weight is 293 g/mol. The zero-order valence-corrected chi connectivity index (χ0v) is 11.4. The zero-order valence-electron chi connectivity index (χ0n) is 9.88. The summed E-state index contributed by atoms with van der Waals surface area (Å²) in [5, 5.41) is 0.707. The van der Waals surface area contributed by atoms with Crippen LogP contribution >= 0.6 is 11.6 Å². The smallest absolute Gasteiger partial charge is 0.0452 e. The summed E-state index contributed by atoms with van der Waals surface area (Å²) in [5.74, 6) is 0. The molecule has 0 radical (unpaired) electrons. The van der Waals surface area contributed by atoms with Crippen LogP contribution in [0.15, 0.2) is 48.5 Å². The Morgan fingerprint density at radius 2 is 1.42 bits per heavy atom. The molecule has 1 N–H and O–H groups in total. The van der Waals surface area contributed by atoms with Gasteiger partial charge < -0.3 is 9.27 Å². The van der Waals surface area contributed by atoms with Gasteiger partial charge in [-0.3, -0.25) is 4.21 Å². The van der Waals surface area contributed by atoms with Crippen LogP contribution in [-0.4, -0.2) is 8.76 Å². The summed E-state index contributed by atoms with van der Waals surface area (Å²) in [5.41, 5.74) is 2.57. The third kappa shape index (κ3) is 4.52. The van der Waals surface area contributed by atoms with E-state index in [9.17, 15) is 8.76 Å². The largest absolute Gasteiger partial charge is 0.755 e. The van der Waals surface area contributed by atoms with E-state index in [1.54, 1.807) is 12.1 Å². The van der Waals surface area contributed by atoms with Crippen molar-refractivity contribution in [3.05, 3.63) is 64.7 Å². The Hall–Kier alpha value is -1.62. The van der Waals surface area contributed by atoms with Crippen LogP contribution in [0.5, 0.6) is 0 Å². The first-order valence-electron chi connectivity index (χ1n) is 5.53. The van der Waals surface area contributed by atoms with E-state index in [0.717, 1.165) is 11.1 Å². The molecular formula is C14H11ClNO2S-. The van der Waals surface area contributed by atoms with Gasteiger partial charge in [0.05, 0.1) is 0 Å². The van der Waals surface area contributed by atoms with Crippen molar-refractivity contribution in [1.82, 2.24) is 0 Å². The van der Waals surface area contributed by atoms with Gasteiger partial charge in [-0.25, -0.2) is 0 Å². The van der Waals surface area contributed by atoms with Crippen molar-refractivity contribution in [2.45, 2.75) is 0 Å². The molecule has 0 saturated carbocycles. The normalized spacial score (nSPS) is 12.5. The molecule has 0 saturated heterocycles. The molecule has 0 fully saturated rings. The summed E-state index contributed by atoms with van der Waals surface area (Å²) in [7, 11) is 0. The second-order valence-electron chi connectivity index (χ2n) is 3.84. The van der Waals surface area contributed by atoms with Crippen LogP contribution in [0.4, 0.5) is 5.69 Å². The first-order valence-corrected chi connectivity index (χ1v) is 6.98. The minimum absolute atomic E-state index is 0.539. The maximum absolute atomic E-state index is 10.5. The SMILES string of the molecule is O=S([O-])Nc1ccc(C=Cc2ccc(Cl)cc2)cc1. The van der Waals surface area contributed by atoms with Crippen LogP contribution in [0.2, 0.25) is 5.02 Å². The highest BCUT2D eigenvalue weighted by molar-refractivity contribution is 7.80. The molecule has 19 heavy (non-hydrogen) atoms. The third-order valence-corrected chi connectivity index (χ3v) is 3.10. The van der Waals surface area contributed by atoms with E-state index in [0.29, 0.717) is 10.7 Å². The van der Waals surface area contributed by atoms with Gasteiger partial charge in [0, 0.05) is 22.0 Å². The number of nitrogens with one attached hydrogen (secondary N) is 1. The van der Waals surface area contributed by atoms with Crippen LogP contribution in [0.3, 0.4) is 0 Å². The van der Waals surface area contributed by atoms with E-state index in [1.807, 2.05) is 48.6 Å². The van der Waals surface area contributed by atoms with Crippen LogP contribution in [-0.2, 0) is 11.3 Å². The Labute approximate surface area is 119 Å². The Morgan fingerprint density at radius 1 is 0.947 bits per heavy atom. The predicted octanol–water partition coefficient (Wildman–Crippen LogP) is 3.72. The number of halogens is 1. The van der Waals surface area contributed by atoms with Crippen molar-refractivity contribution in [3.8, 4) is 0 Å². The maximum atomic E-state index is 10.5. The van der Waals surface area contributed by atoms with Gasteiger partial charge in [-0.15, -0.1) is 0 Å². The van der Waals surface area contributed by atoms with Crippen molar-refractivity contribution >= 4 is 40.7 Å². The van der Waals surface area contributed by atoms with Gasteiger partial charge >= 0.3 is 0 Å². The number of hydrogen-bond donors (Lipinski definition) is 1.